The zero-order valence-electron chi connectivity index (χ0n) is 10.8. The second-order valence-corrected chi connectivity index (χ2v) is 4.59. The molecule has 0 saturated carbocycles. The van der Waals surface area contributed by atoms with E-state index in [1.54, 1.807) is 0 Å². The summed E-state index contributed by atoms with van der Waals surface area (Å²) in [5.74, 6) is 0. The zero-order valence-corrected chi connectivity index (χ0v) is 10.8. The van der Waals surface area contributed by atoms with Crippen molar-refractivity contribution in [2.75, 3.05) is 0 Å². The Morgan fingerprint density at radius 1 is 1.06 bits per heavy atom. The lowest BCUT2D eigenvalue weighted by atomic mass is 9.84. The normalized spacial score (nSPS) is 11.8. The van der Waals surface area contributed by atoms with Gasteiger partial charge in [-0.1, -0.05) is 57.9 Å². The van der Waals surface area contributed by atoms with Crippen molar-refractivity contribution in [3.8, 4) is 0 Å². The number of rotatable bonds is 6. The van der Waals surface area contributed by atoms with E-state index < -0.39 is 5.60 Å². The van der Waals surface area contributed by atoms with E-state index >= 15 is 0 Å². The molecule has 0 saturated heterocycles. The van der Waals surface area contributed by atoms with Crippen LogP contribution in [-0.2, 0) is 12.0 Å². The number of aliphatic hydroxyl groups is 1. The van der Waals surface area contributed by atoms with Crippen molar-refractivity contribution in [3.63, 3.8) is 0 Å². The van der Waals surface area contributed by atoms with Gasteiger partial charge in [0.15, 0.2) is 0 Å². The lowest BCUT2D eigenvalue weighted by Gasteiger charge is -2.28. The van der Waals surface area contributed by atoms with Crippen molar-refractivity contribution in [3.05, 3.63) is 35.4 Å². The highest BCUT2D eigenvalue weighted by Crippen LogP contribution is 2.31. The molecule has 0 fully saturated rings. The van der Waals surface area contributed by atoms with Gasteiger partial charge in [0, 0.05) is 0 Å². The topological polar surface area (TPSA) is 20.2 Å². The molecular formula is C15H24O. The van der Waals surface area contributed by atoms with Gasteiger partial charge in [-0.3, -0.25) is 0 Å². The lowest BCUT2D eigenvalue weighted by Crippen LogP contribution is -2.25. The maximum Gasteiger partial charge on any atom is 0.0896 e. The molecule has 0 bridgehead atoms. The Morgan fingerprint density at radius 2 is 1.69 bits per heavy atom. The third kappa shape index (κ3) is 3.08. The van der Waals surface area contributed by atoms with Gasteiger partial charge in [-0.15, -0.1) is 0 Å². The van der Waals surface area contributed by atoms with Crippen LogP contribution in [0.1, 0.15) is 57.6 Å². The van der Waals surface area contributed by atoms with Gasteiger partial charge in [-0.05, 0) is 30.4 Å². The molecule has 16 heavy (non-hydrogen) atoms. The molecule has 1 nitrogen and oxygen atoms in total. The number of aryl methyl sites for hydroxylation is 1. The molecule has 0 spiro atoms. The summed E-state index contributed by atoms with van der Waals surface area (Å²) in [6.45, 7) is 6.41. The summed E-state index contributed by atoms with van der Waals surface area (Å²) in [5.41, 5.74) is 1.79. The van der Waals surface area contributed by atoms with E-state index in [2.05, 4.69) is 45.0 Å². The minimum absolute atomic E-state index is 0.616. The Bertz CT molecular complexity index is 311. The van der Waals surface area contributed by atoms with Crippen molar-refractivity contribution < 1.29 is 5.11 Å². The fraction of sp³-hybridized carbons (Fsp3) is 0.600. The van der Waals surface area contributed by atoms with Gasteiger partial charge < -0.3 is 5.11 Å². The predicted octanol–water partition coefficient (Wildman–Crippen LogP) is 4.04. The van der Waals surface area contributed by atoms with Crippen LogP contribution in [0.25, 0.3) is 0 Å². The van der Waals surface area contributed by atoms with Crippen LogP contribution in [0.15, 0.2) is 24.3 Å². The maximum absolute atomic E-state index is 10.7. The van der Waals surface area contributed by atoms with Crippen molar-refractivity contribution in [1.82, 2.24) is 0 Å². The molecule has 1 N–H and O–H groups in total. The Balaban J connectivity index is 2.99. The van der Waals surface area contributed by atoms with Gasteiger partial charge in [0.1, 0.15) is 0 Å². The average molecular weight is 220 g/mol. The molecule has 1 rings (SSSR count). The molecule has 0 radical (unpaired) electrons. The van der Waals surface area contributed by atoms with E-state index in [4.69, 9.17) is 0 Å². The Labute approximate surface area is 99.5 Å². The van der Waals surface area contributed by atoms with Crippen LogP contribution in [0, 0.1) is 0 Å². The minimum Gasteiger partial charge on any atom is -0.385 e. The van der Waals surface area contributed by atoms with Gasteiger partial charge in [0.05, 0.1) is 5.60 Å². The highest BCUT2D eigenvalue weighted by atomic mass is 16.3. The van der Waals surface area contributed by atoms with Crippen molar-refractivity contribution in [1.29, 1.82) is 0 Å². The first-order valence-electron chi connectivity index (χ1n) is 6.48. The lowest BCUT2D eigenvalue weighted by molar-refractivity contribution is 0.0169. The van der Waals surface area contributed by atoms with Gasteiger partial charge in [0.2, 0.25) is 0 Å². The third-order valence-corrected chi connectivity index (χ3v) is 3.20. The molecule has 1 aromatic rings. The summed E-state index contributed by atoms with van der Waals surface area (Å²) in [6.07, 6.45) is 4.78. The monoisotopic (exact) mass is 220 g/mol. The summed E-state index contributed by atoms with van der Waals surface area (Å²) in [6, 6.07) is 8.40. The fourth-order valence-electron chi connectivity index (χ4n) is 2.32. The van der Waals surface area contributed by atoms with Crippen molar-refractivity contribution in [2.45, 2.75) is 58.5 Å². The van der Waals surface area contributed by atoms with Crippen LogP contribution in [0.3, 0.4) is 0 Å². The maximum atomic E-state index is 10.7. The van der Waals surface area contributed by atoms with E-state index in [1.807, 2.05) is 0 Å². The first-order chi connectivity index (χ1) is 7.66. The molecule has 0 amide bonds. The summed E-state index contributed by atoms with van der Waals surface area (Å²) < 4.78 is 0. The van der Waals surface area contributed by atoms with Crippen LogP contribution < -0.4 is 0 Å². The molecule has 0 aliphatic carbocycles. The van der Waals surface area contributed by atoms with Crippen LogP contribution in [0.2, 0.25) is 0 Å². The molecular weight excluding hydrogens is 196 g/mol. The number of hydrogen-bond acceptors (Lipinski definition) is 1. The van der Waals surface area contributed by atoms with E-state index in [-0.39, 0.29) is 0 Å². The first kappa shape index (κ1) is 13.2. The molecule has 0 unspecified atom stereocenters. The molecule has 1 heteroatoms. The minimum atomic E-state index is -0.616. The Morgan fingerprint density at radius 3 is 2.19 bits per heavy atom. The van der Waals surface area contributed by atoms with Gasteiger partial charge in [0.25, 0.3) is 0 Å². The smallest absolute Gasteiger partial charge is 0.0896 e. The summed E-state index contributed by atoms with van der Waals surface area (Å²) in [7, 11) is 0. The molecule has 0 aliphatic rings. The van der Waals surface area contributed by atoms with Crippen molar-refractivity contribution in [2.24, 2.45) is 0 Å². The predicted molar refractivity (Wildman–Crippen MR) is 69.5 cm³/mol. The van der Waals surface area contributed by atoms with E-state index in [0.29, 0.717) is 0 Å². The van der Waals surface area contributed by atoms with Gasteiger partial charge in [-0.2, -0.15) is 0 Å². The molecule has 0 aromatic heterocycles. The highest BCUT2D eigenvalue weighted by molar-refractivity contribution is 5.28. The van der Waals surface area contributed by atoms with E-state index in [1.165, 1.54) is 5.56 Å². The zero-order chi connectivity index (χ0) is 12.0. The fourth-order valence-corrected chi connectivity index (χ4v) is 2.32. The molecule has 1 aromatic carbocycles. The quantitative estimate of drug-likeness (QED) is 0.767. The average Bonchev–Trinajstić information content (AvgIpc) is 2.30. The van der Waals surface area contributed by atoms with Crippen molar-refractivity contribution >= 4 is 0 Å². The van der Waals surface area contributed by atoms with E-state index in [9.17, 15) is 5.11 Å². The Kier molecular flexibility index (Phi) is 5.01. The van der Waals surface area contributed by atoms with Crippen LogP contribution in [-0.4, -0.2) is 5.11 Å². The Hall–Kier alpha value is -0.820. The molecule has 0 heterocycles. The van der Waals surface area contributed by atoms with Crippen LogP contribution >= 0.6 is 0 Å². The second kappa shape index (κ2) is 6.05. The molecule has 0 aliphatic heterocycles. The molecule has 0 atom stereocenters. The van der Waals surface area contributed by atoms with Gasteiger partial charge >= 0.3 is 0 Å². The summed E-state index contributed by atoms with van der Waals surface area (Å²) >= 11 is 0. The number of hydrogen-bond donors (Lipinski definition) is 1. The number of benzene rings is 1. The first-order valence-corrected chi connectivity index (χ1v) is 6.48. The summed E-state index contributed by atoms with van der Waals surface area (Å²) in [4.78, 5) is 0. The standard InChI is InChI=1S/C15H24O/c1-4-10-15(16,11-5-2)14-9-7-8-13(6-3)12-14/h7-9,12,16H,4-6,10-11H2,1-3H3. The molecule has 90 valence electrons. The van der Waals surface area contributed by atoms with E-state index in [0.717, 1.165) is 37.7 Å². The van der Waals surface area contributed by atoms with Crippen LogP contribution in [0.5, 0.6) is 0 Å². The van der Waals surface area contributed by atoms with Crippen LogP contribution in [0.4, 0.5) is 0 Å². The highest BCUT2D eigenvalue weighted by Gasteiger charge is 2.26. The third-order valence-electron chi connectivity index (χ3n) is 3.20. The second-order valence-electron chi connectivity index (χ2n) is 4.59. The largest absolute Gasteiger partial charge is 0.385 e. The van der Waals surface area contributed by atoms with Gasteiger partial charge in [-0.25, -0.2) is 0 Å². The summed E-state index contributed by atoms with van der Waals surface area (Å²) in [5, 5.41) is 10.7. The SMILES string of the molecule is CCCC(O)(CCC)c1cccc(CC)c1.